The third-order valence-electron chi connectivity index (χ3n) is 4.85. The zero-order valence-corrected chi connectivity index (χ0v) is 18.9. The number of aryl methyl sites for hydroxylation is 3. The lowest BCUT2D eigenvalue weighted by Crippen LogP contribution is -3.60. The van der Waals surface area contributed by atoms with Gasteiger partial charge < -0.3 is 0 Å². The monoisotopic (exact) mass is 427 g/mol. The molecule has 2 heteroatoms. The van der Waals surface area contributed by atoms with Crippen molar-refractivity contribution in [1.82, 2.24) is 0 Å². The van der Waals surface area contributed by atoms with E-state index in [1.807, 2.05) is 0 Å². The molecule has 22 heavy (non-hydrogen) atoms. The molecule has 0 nitrogen and oxygen atoms in total. The van der Waals surface area contributed by atoms with Gasteiger partial charge in [0.1, 0.15) is 0 Å². The van der Waals surface area contributed by atoms with Gasteiger partial charge in [-0.05, 0) is 37.4 Å². The van der Waals surface area contributed by atoms with E-state index in [0.29, 0.717) is 0 Å². The van der Waals surface area contributed by atoms with Gasteiger partial charge in [-0.25, -0.2) is 0 Å². The minimum Gasteiger partial charge on any atom is -0.0766 e. The number of benzene rings is 1. The lowest BCUT2D eigenvalue weighted by atomic mass is 10.1. The summed E-state index contributed by atoms with van der Waals surface area (Å²) in [4.78, 5) is 0. The largest absolute Gasteiger partial charge is 0.419 e. The molecule has 0 aliphatic carbocycles. The fourth-order valence-corrected chi connectivity index (χ4v) is 12.2. The van der Waals surface area contributed by atoms with Crippen LogP contribution in [0.1, 0.15) is 58.2 Å². The lowest BCUT2D eigenvalue weighted by molar-refractivity contribution is -0.536. The maximum Gasteiger partial charge on any atom is 0.419 e. The van der Waals surface area contributed by atoms with E-state index in [1.165, 1.54) is 20.3 Å². The van der Waals surface area contributed by atoms with Crippen LogP contribution in [0.4, 0.5) is 0 Å². The molecule has 0 saturated carbocycles. The van der Waals surface area contributed by atoms with Crippen molar-refractivity contribution in [2.24, 2.45) is 0 Å². The molecule has 1 rings (SSSR count). The standard InChI is InChI=1S/C20H32ISi/c1-14(2)22(15(3)4,16(5)6)11-10-21-20-18(8)12-17(7)13-19(20)9/h12-16H,1-9H3/q+1. The van der Waals surface area contributed by atoms with Crippen LogP contribution in [-0.4, -0.2) is 8.07 Å². The highest BCUT2D eigenvalue weighted by atomic mass is 127. The second-order valence-corrected chi connectivity index (χ2v) is 15.2. The van der Waals surface area contributed by atoms with Crippen LogP contribution in [-0.2, 0) is 0 Å². The van der Waals surface area contributed by atoms with Gasteiger partial charge in [0.05, 0.1) is 0 Å². The lowest BCUT2D eigenvalue weighted by Gasteiger charge is -2.37. The Morgan fingerprint density at radius 2 is 1.23 bits per heavy atom. The van der Waals surface area contributed by atoms with E-state index in [1.54, 1.807) is 0 Å². The molecular formula is C20H32ISi+. The summed E-state index contributed by atoms with van der Waals surface area (Å²) in [6.07, 6.45) is 0. The van der Waals surface area contributed by atoms with Crippen molar-refractivity contribution in [2.45, 2.75) is 78.9 Å². The van der Waals surface area contributed by atoms with E-state index in [4.69, 9.17) is 0 Å². The first-order valence-corrected chi connectivity index (χ1v) is 12.8. The number of rotatable bonds is 4. The third kappa shape index (κ3) is 4.17. The summed E-state index contributed by atoms with van der Waals surface area (Å²) in [5.74, 6) is 0. The molecule has 0 atom stereocenters. The molecule has 0 bridgehead atoms. The summed E-state index contributed by atoms with van der Waals surface area (Å²) in [5, 5.41) is 0. The first kappa shape index (κ1) is 19.8. The molecule has 0 radical (unpaired) electrons. The highest BCUT2D eigenvalue weighted by molar-refractivity contribution is 6.90. The molecule has 0 aliphatic heterocycles. The smallest absolute Gasteiger partial charge is 0.0766 e. The zero-order valence-electron chi connectivity index (χ0n) is 15.8. The number of halogens is 1. The maximum atomic E-state index is 3.89. The highest BCUT2D eigenvalue weighted by Gasteiger charge is 2.42. The number of hydrogen-bond acceptors (Lipinski definition) is 0. The van der Waals surface area contributed by atoms with Crippen LogP contribution in [0, 0.1) is 33.8 Å². The van der Waals surface area contributed by atoms with Crippen LogP contribution in [0.15, 0.2) is 12.1 Å². The van der Waals surface area contributed by atoms with Crippen molar-refractivity contribution in [3.05, 3.63) is 32.4 Å². The molecule has 0 aromatic heterocycles. The van der Waals surface area contributed by atoms with Crippen LogP contribution in [0.2, 0.25) is 16.6 Å². The molecule has 0 saturated heterocycles. The fourth-order valence-electron chi connectivity index (χ4n) is 3.90. The quantitative estimate of drug-likeness (QED) is 0.394. The van der Waals surface area contributed by atoms with Crippen molar-refractivity contribution in [3.8, 4) is 9.47 Å². The van der Waals surface area contributed by atoms with E-state index in [2.05, 4.69) is 83.9 Å². The normalized spacial score (nSPS) is 12.0. The predicted molar refractivity (Wildman–Crippen MR) is 98.2 cm³/mol. The molecule has 1 aromatic carbocycles. The third-order valence-corrected chi connectivity index (χ3v) is 14.4. The molecule has 0 unspecified atom stereocenters. The van der Waals surface area contributed by atoms with Crippen molar-refractivity contribution in [3.63, 3.8) is 0 Å². The minimum absolute atomic E-state index is 0.198. The summed E-state index contributed by atoms with van der Waals surface area (Å²) >= 11 is -0.198. The van der Waals surface area contributed by atoms with Gasteiger partial charge in [-0.2, -0.15) is 0 Å². The van der Waals surface area contributed by atoms with Gasteiger partial charge in [-0.1, -0.05) is 64.8 Å². The van der Waals surface area contributed by atoms with Gasteiger partial charge >= 0.3 is 21.2 Å². The average molecular weight is 427 g/mol. The van der Waals surface area contributed by atoms with Gasteiger partial charge in [-0.15, -0.1) is 0 Å². The van der Waals surface area contributed by atoms with E-state index in [0.717, 1.165) is 16.6 Å². The van der Waals surface area contributed by atoms with Gasteiger partial charge in [-0.3, -0.25) is 0 Å². The topological polar surface area (TPSA) is 0 Å². The summed E-state index contributed by atoms with van der Waals surface area (Å²) in [6.45, 7) is 21.0. The Morgan fingerprint density at radius 3 is 1.59 bits per heavy atom. The molecular weight excluding hydrogens is 395 g/mol. The fraction of sp³-hybridized carbons (Fsp3) is 0.600. The first-order valence-electron chi connectivity index (χ1n) is 8.36. The second-order valence-electron chi connectivity index (χ2n) is 7.42. The van der Waals surface area contributed by atoms with Gasteiger partial charge in [0.2, 0.25) is 3.57 Å². The Kier molecular flexibility index (Phi) is 7.20. The summed E-state index contributed by atoms with van der Waals surface area (Å²) < 4.78 is 5.25. The molecule has 0 amide bonds. The van der Waals surface area contributed by atoms with Crippen molar-refractivity contribution in [2.75, 3.05) is 0 Å². The maximum absolute atomic E-state index is 3.89. The Hall–Kier alpha value is -0.273. The van der Waals surface area contributed by atoms with Crippen LogP contribution in [0.5, 0.6) is 0 Å². The Bertz CT molecular complexity index is 528. The van der Waals surface area contributed by atoms with Crippen molar-refractivity contribution in [1.29, 1.82) is 0 Å². The molecule has 1 aromatic rings. The van der Waals surface area contributed by atoms with E-state index < -0.39 is 8.07 Å². The minimum atomic E-state index is -1.56. The summed E-state index contributed by atoms with van der Waals surface area (Å²) in [6, 6.07) is 4.61. The predicted octanol–water partition coefficient (Wildman–Crippen LogP) is 3.05. The van der Waals surface area contributed by atoms with Crippen molar-refractivity contribution < 1.29 is 21.2 Å². The molecule has 0 N–H and O–H groups in total. The molecule has 0 spiro atoms. The molecule has 122 valence electrons. The number of hydrogen-bond donors (Lipinski definition) is 0. The van der Waals surface area contributed by atoms with Crippen molar-refractivity contribution >= 4 is 8.07 Å². The van der Waals surface area contributed by atoms with Gasteiger partial charge in [0.15, 0.2) is 12.0 Å². The van der Waals surface area contributed by atoms with Gasteiger partial charge in [0.25, 0.3) is 0 Å². The highest BCUT2D eigenvalue weighted by Crippen LogP contribution is 2.40. The molecule has 0 aliphatic rings. The van der Waals surface area contributed by atoms with E-state index in [9.17, 15) is 0 Å². The van der Waals surface area contributed by atoms with Crippen LogP contribution >= 0.6 is 0 Å². The van der Waals surface area contributed by atoms with Crippen LogP contribution in [0.3, 0.4) is 0 Å². The first-order chi connectivity index (χ1) is 10.1. The average Bonchev–Trinajstić information content (AvgIpc) is 2.35. The molecule has 0 fully saturated rings. The van der Waals surface area contributed by atoms with E-state index >= 15 is 0 Å². The van der Waals surface area contributed by atoms with Gasteiger partial charge in [0, 0.05) is 11.1 Å². The SMILES string of the molecule is Cc1cc(C)c([I+]C#C[Si](C(C)C)(C(C)C)C(C)C)c(C)c1. The van der Waals surface area contributed by atoms with E-state index in [-0.39, 0.29) is 21.2 Å². The zero-order chi connectivity index (χ0) is 17.1. The Balaban J connectivity index is 3.17. The van der Waals surface area contributed by atoms with Crippen LogP contribution in [0.25, 0.3) is 0 Å². The Morgan fingerprint density at radius 1 is 0.818 bits per heavy atom. The second kappa shape index (κ2) is 8.01. The molecule has 0 heterocycles. The van der Waals surface area contributed by atoms with Crippen LogP contribution < -0.4 is 21.2 Å². The summed E-state index contributed by atoms with van der Waals surface area (Å²) in [5.41, 5.74) is 10.3. The summed E-state index contributed by atoms with van der Waals surface area (Å²) in [7, 11) is -1.56. The Labute approximate surface area is 149 Å².